The molecule has 3 amide bonds. The van der Waals surface area contributed by atoms with Gasteiger partial charge in [0.15, 0.2) is 5.65 Å². The number of fused-ring (bicyclic) bond motifs is 1. The maximum absolute atomic E-state index is 13.4. The van der Waals surface area contributed by atoms with Crippen LogP contribution in [-0.2, 0) is 26.9 Å². The van der Waals surface area contributed by atoms with Gasteiger partial charge in [-0.3, -0.25) is 9.78 Å². The van der Waals surface area contributed by atoms with Crippen LogP contribution in [0, 0.1) is 0 Å². The third kappa shape index (κ3) is 5.13. The Labute approximate surface area is 229 Å². The second kappa shape index (κ2) is 10.3. The number of aromatic nitrogens is 5. The van der Waals surface area contributed by atoms with Gasteiger partial charge in [0.25, 0.3) is 12.1 Å². The number of carbonyl (C=O) groups is 3. The quantitative estimate of drug-likeness (QED) is 0.193. The molecule has 1 aliphatic heterocycles. The largest absolute Gasteiger partial charge is 0.491 e. The molecule has 12 nitrogen and oxygen atoms in total. The van der Waals surface area contributed by atoms with Gasteiger partial charge in [0.1, 0.15) is 17.6 Å². The lowest BCUT2D eigenvalue weighted by Gasteiger charge is -2.22. The molecule has 4 aromatic rings. The number of nitrogens with zero attached hydrogens (tertiary/aromatic N) is 6. The first-order chi connectivity index (χ1) is 19.8. The number of urea groups is 1. The predicted molar refractivity (Wildman–Crippen MR) is 128 cm³/mol. The summed E-state index contributed by atoms with van der Waals surface area (Å²) in [6.07, 6.45) is -9.19. The Balaban J connectivity index is 1.53. The molecule has 5 rings (SSSR count). The third-order valence-corrected chi connectivity index (χ3v) is 5.92. The van der Waals surface area contributed by atoms with E-state index in [1.54, 1.807) is 6.92 Å². The van der Waals surface area contributed by atoms with Crippen molar-refractivity contribution in [1.82, 2.24) is 24.9 Å². The number of esters is 1. The standard InChI is InChI=1S/C24H15F6N7O5/c1-2-11-5-13(3-4-15(11)41-18-16-17(33-9-32-16)34-10-35-18)36-19(38)20(42-21(39)24(28,29)30)37(22(36)40)14-6-12(7-31-8-14)23(25,26)27/h3-10,20H,2H2,1H3,(H,32,33,34,35). The molecule has 0 bridgehead atoms. The molecule has 1 fully saturated rings. The Kier molecular flexibility index (Phi) is 6.91. The van der Waals surface area contributed by atoms with Crippen LogP contribution in [0.4, 0.5) is 42.5 Å². The predicted octanol–water partition coefficient (Wildman–Crippen LogP) is 4.53. The molecule has 18 heteroatoms. The van der Waals surface area contributed by atoms with Crippen LogP contribution in [0.2, 0.25) is 0 Å². The molecular formula is C24H15F6N7O5. The Morgan fingerprint density at radius 3 is 2.48 bits per heavy atom. The van der Waals surface area contributed by atoms with Crippen molar-refractivity contribution in [3.05, 3.63) is 60.4 Å². The fourth-order valence-corrected chi connectivity index (χ4v) is 4.00. The number of rotatable bonds is 6. The number of aryl methyl sites for hydroxylation is 1. The molecular weight excluding hydrogens is 580 g/mol. The number of nitrogens with one attached hydrogen (secondary N) is 1. The molecule has 1 atom stereocenters. The summed E-state index contributed by atoms with van der Waals surface area (Å²) < 4.78 is 89.1. The van der Waals surface area contributed by atoms with E-state index in [9.17, 15) is 40.7 Å². The number of hydrogen-bond donors (Lipinski definition) is 1. The number of ether oxygens (including phenoxy) is 2. The summed E-state index contributed by atoms with van der Waals surface area (Å²) in [5.41, 5.74) is -1.24. The van der Waals surface area contributed by atoms with Gasteiger partial charge in [-0.2, -0.15) is 31.3 Å². The number of aromatic amines is 1. The average molecular weight is 595 g/mol. The van der Waals surface area contributed by atoms with Gasteiger partial charge >= 0.3 is 24.4 Å². The summed E-state index contributed by atoms with van der Waals surface area (Å²) in [5.74, 6) is -4.00. The maximum Gasteiger partial charge on any atom is 0.491 e. The van der Waals surface area contributed by atoms with Crippen molar-refractivity contribution in [1.29, 1.82) is 0 Å². The summed E-state index contributed by atoms with van der Waals surface area (Å²) >= 11 is 0. The van der Waals surface area contributed by atoms with Crippen LogP contribution in [0.3, 0.4) is 0 Å². The minimum absolute atomic E-state index is 0.0932. The molecule has 0 saturated carbocycles. The molecule has 1 N–H and O–H groups in total. The zero-order valence-electron chi connectivity index (χ0n) is 20.9. The SMILES string of the molecule is CCc1cc(N2C(=O)C(OC(=O)C(F)(F)F)N(c3cncc(C(F)(F)F)c3)C2=O)ccc1Oc1ncnc2nc[nH]c12. The first-order valence-electron chi connectivity index (χ1n) is 11.7. The second-order valence-corrected chi connectivity index (χ2v) is 8.54. The number of amides is 3. The van der Waals surface area contributed by atoms with Crippen LogP contribution in [-0.4, -0.2) is 55.2 Å². The molecule has 1 saturated heterocycles. The maximum atomic E-state index is 13.4. The van der Waals surface area contributed by atoms with Crippen LogP contribution < -0.4 is 14.5 Å². The lowest BCUT2D eigenvalue weighted by molar-refractivity contribution is -0.204. The fraction of sp³-hybridized carbons (Fsp3) is 0.208. The Hall–Kier alpha value is -5.29. The van der Waals surface area contributed by atoms with E-state index in [2.05, 4.69) is 29.7 Å². The molecule has 1 aromatic carbocycles. The molecule has 42 heavy (non-hydrogen) atoms. The molecule has 1 unspecified atom stereocenters. The summed E-state index contributed by atoms with van der Waals surface area (Å²) in [5, 5.41) is 0. The minimum atomic E-state index is -5.58. The molecule has 3 aromatic heterocycles. The monoisotopic (exact) mass is 595 g/mol. The van der Waals surface area contributed by atoms with E-state index in [1.807, 2.05) is 0 Å². The van der Waals surface area contributed by atoms with E-state index in [1.165, 1.54) is 30.9 Å². The highest BCUT2D eigenvalue weighted by Gasteiger charge is 2.53. The van der Waals surface area contributed by atoms with Crippen molar-refractivity contribution in [2.24, 2.45) is 0 Å². The number of imide groups is 1. The number of pyridine rings is 1. The molecule has 218 valence electrons. The van der Waals surface area contributed by atoms with Crippen LogP contribution in [0.5, 0.6) is 11.6 Å². The van der Waals surface area contributed by atoms with E-state index in [4.69, 9.17) is 4.74 Å². The molecule has 0 aliphatic carbocycles. The number of halogens is 6. The van der Waals surface area contributed by atoms with Gasteiger partial charge < -0.3 is 14.5 Å². The number of carbonyl (C=O) groups excluding carboxylic acids is 3. The first-order valence-corrected chi connectivity index (χ1v) is 11.7. The summed E-state index contributed by atoms with van der Waals surface area (Å²) in [7, 11) is 0. The van der Waals surface area contributed by atoms with Gasteiger partial charge in [-0.25, -0.2) is 29.4 Å². The van der Waals surface area contributed by atoms with E-state index in [0.29, 0.717) is 40.1 Å². The van der Waals surface area contributed by atoms with Gasteiger partial charge in [-0.15, -0.1) is 0 Å². The lowest BCUT2D eigenvalue weighted by Crippen LogP contribution is -2.42. The van der Waals surface area contributed by atoms with Crippen LogP contribution in [0.1, 0.15) is 18.1 Å². The first kappa shape index (κ1) is 28.2. The van der Waals surface area contributed by atoms with Crippen molar-refractivity contribution < 1.29 is 50.2 Å². The van der Waals surface area contributed by atoms with Gasteiger partial charge in [0.05, 0.1) is 29.5 Å². The molecule has 4 heterocycles. The number of anilines is 2. The van der Waals surface area contributed by atoms with Gasteiger partial charge in [-0.1, -0.05) is 6.92 Å². The molecule has 0 radical (unpaired) electrons. The normalized spacial score (nSPS) is 15.9. The average Bonchev–Trinajstić information content (AvgIpc) is 3.51. The molecule has 0 spiro atoms. The topological polar surface area (TPSA) is 144 Å². The van der Waals surface area contributed by atoms with Gasteiger partial charge in [-0.05, 0) is 36.2 Å². The van der Waals surface area contributed by atoms with Gasteiger partial charge in [0.2, 0.25) is 5.88 Å². The van der Waals surface area contributed by atoms with E-state index in [0.717, 1.165) is 0 Å². The Morgan fingerprint density at radius 1 is 1.02 bits per heavy atom. The van der Waals surface area contributed by atoms with E-state index in [-0.39, 0.29) is 28.6 Å². The zero-order valence-corrected chi connectivity index (χ0v) is 20.9. The highest BCUT2D eigenvalue weighted by molar-refractivity contribution is 6.28. The van der Waals surface area contributed by atoms with Gasteiger partial charge in [0, 0.05) is 6.20 Å². The van der Waals surface area contributed by atoms with Crippen molar-refractivity contribution >= 4 is 40.4 Å². The lowest BCUT2D eigenvalue weighted by atomic mass is 10.1. The summed E-state index contributed by atoms with van der Waals surface area (Å²) in [4.78, 5) is 57.0. The summed E-state index contributed by atoms with van der Waals surface area (Å²) in [6.45, 7) is 1.69. The van der Waals surface area contributed by atoms with Crippen molar-refractivity contribution in [2.45, 2.75) is 31.9 Å². The van der Waals surface area contributed by atoms with Crippen LogP contribution >= 0.6 is 0 Å². The van der Waals surface area contributed by atoms with Crippen molar-refractivity contribution in [3.8, 4) is 11.6 Å². The number of H-pyrrole nitrogens is 1. The van der Waals surface area contributed by atoms with E-state index >= 15 is 0 Å². The second-order valence-electron chi connectivity index (χ2n) is 8.54. The fourth-order valence-electron chi connectivity index (χ4n) is 4.00. The molecule has 1 aliphatic rings. The number of benzene rings is 1. The van der Waals surface area contributed by atoms with Crippen molar-refractivity contribution in [3.63, 3.8) is 0 Å². The Morgan fingerprint density at radius 2 is 1.79 bits per heavy atom. The zero-order chi connectivity index (χ0) is 30.4. The van der Waals surface area contributed by atoms with Crippen molar-refractivity contribution in [2.75, 3.05) is 9.80 Å². The van der Waals surface area contributed by atoms with E-state index < -0.39 is 47.7 Å². The number of alkyl halides is 6. The van der Waals surface area contributed by atoms with Crippen LogP contribution in [0.25, 0.3) is 11.2 Å². The minimum Gasteiger partial charge on any atom is -0.437 e. The smallest absolute Gasteiger partial charge is 0.437 e. The summed E-state index contributed by atoms with van der Waals surface area (Å²) in [6, 6.07) is 2.82. The number of imidazole rings is 1. The number of hydrogen-bond acceptors (Lipinski definition) is 9. The van der Waals surface area contributed by atoms with Crippen LogP contribution in [0.15, 0.2) is 49.3 Å². The highest BCUT2D eigenvalue weighted by Crippen LogP contribution is 2.37. The Bertz CT molecular complexity index is 1710. The third-order valence-electron chi connectivity index (χ3n) is 5.92. The highest BCUT2D eigenvalue weighted by atomic mass is 19.4.